The second kappa shape index (κ2) is 6.86. The lowest BCUT2D eigenvalue weighted by molar-refractivity contribution is -0.130. The zero-order valence-corrected chi connectivity index (χ0v) is 11.0. The molecule has 0 radical (unpaired) electrons. The Morgan fingerprint density at radius 2 is 2.00 bits per heavy atom. The third kappa shape index (κ3) is 4.04. The largest absolute Gasteiger partial charge is 0.381 e. The molecular formula is C12H18F2N4O. The zero-order chi connectivity index (χ0) is 14.4. The molecule has 0 fully saturated rings. The standard InChI is InChI=1S/C12H18F2N4O/c1-3-18(4-2)10(19)5-6-16-12-9(14)7-8(13)11(15)17-12/h7H,3-6H2,1-2H3,(H3,15,16,17). The third-order valence-electron chi connectivity index (χ3n) is 2.70. The summed E-state index contributed by atoms with van der Waals surface area (Å²) in [5.41, 5.74) is 5.24. The monoisotopic (exact) mass is 272 g/mol. The van der Waals surface area contributed by atoms with Crippen LogP contribution in [-0.2, 0) is 4.79 Å². The first kappa shape index (κ1) is 15.1. The summed E-state index contributed by atoms with van der Waals surface area (Å²) in [6, 6.07) is 0.664. The Labute approximate surface area is 110 Å². The van der Waals surface area contributed by atoms with Gasteiger partial charge in [-0.25, -0.2) is 13.8 Å². The molecule has 0 saturated heterocycles. The molecule has 0 aliphatic rings. The maximum atomic E-state index is 13.3. The van der Waals surface area contributed by atoms with E-state index in [1.165, 1.54) is 0 Å². The number of carbonyl (C=O) groups excluding carboxylic acids is 1. The normalized spacial score (nSPS) is 10.3. The number of aromatic nitrogens is 1. The van der Waals surface area contributed by atoms with Gasteiger partial charge in [0.05, 0.1) is 0 Å². The highest BCUT2D eigenvalue weighted by molar-refractivity contribution is 5.76. The minimum absolute atomic E-state index is 0.0343. The van der Waals surface area contributed by atoms with Crippen LogP contribution in [0.2, 0.25) is 0 Å². The summed E-state index contributed by atoms with van der Waals surface area (Å²) >= 11 is 0. The molecule has 5 nitrogen and oxygen atoms in total. The van der Waals surface area contributed by atoms with E-state index in [0.29, 0.717) is 19.2 Å². The maximum absolute atomic E-state index is 13.3. The number of halogens is 2. The van der Waals surface area contributed by atoms with Gasteiger partial charge in [0.25, 0.3) is 0 Å². The van der Waals surface area contributed by atoms with E-state index < -0.39 is 11.6 Å². The van der Waals surface area contributed by atoms with Crippen LogP contribution in [0.1, 0.15) is 20.3 Å². The molecule has 3 N–H and O–H groups in total. The van der Waals surface area contributed by atoms with Crippen LogP contribution in [-0.4, -0.2) is 35.4 Å². The second-order valence-corrected chi connectivity index (χ2v) is 3.93. The molecule has 0 saturated carbocycles. The fourth-order valence-electron chi connectivity index (χ4n) is 1.63. The highest BCUT2D eigenvalue weighted by Crippen LogP contribution is 2.16. The van der Waals surface area contributed by atoms with Crippen LogP contribution in [0.15, 0.2) is 6.07 Å². The average Bonchev–Trinajstić information content (AvgIpc) is 2.37. The fourth-order valence-corrected chi connectivity index (χ4v) is 1.63. The summed E-state index contributed by atoms with van der Waals surface area (Å²) in [6.45, 7) is 5.24. The first-order valence-corrected chi connectivity index (χ1v) is 6.12. The van der Waals surface area contributed by atoms with Gasteiger partial charge in [0.1, 0.15) is 0 Å². The van der Waals surface area contributed by atoms with Gasteiger partial charge < -0.3 is 16.0 Å². The minimum atomic E-state index is -0.901. The van der Waals surface area contributed by atoms with Crippen LogP contribution in [0.3, 0.4) is 0 Å². The molecule has 0 aliphatic heterocycles. The summed E-state index contributed by atoms with van der Waals surface area (Å²) in [6.07, 6.45) is 0.208. The van der Waals surface area contributed by atoms with Gasteiger partial charge in [0.2, 0.25) is 5.91 Å². The molecule has 0 bridgehead atoms. The van der Waals surface area contributed by atoms with E-state index >= 15 is 0 Å². The van der Waals surface area contributed by atoms with Crippen LogP contribution < -0.4 is 11.1 Å². The SMILES string of the molecule is CCN(CC)C(=O)CCNc1nc(N)c(F)cc1F. The van der Waals surface area contributed by atoms with Crippen molar-refractivity contribution < 1.29 is 13.6 Å². The first-order chi connectivity index (χ1) is 8.99. The number of pyridine rings is 1. The topological polar surface area (TPSA) is 71.2 Å². The molecule has 1 aromatic heterocycles. The summed E-state index contributed by atoms with van der Waals surface area (Å²) in [5.74, 6) is -2.29. The average molecular weight is 272 g/mol. The van der Waals surface area contributed by atoms with Crippen LogP contribution >= 0.6 is 0 Å². The van der Waals surface area contributed by atoms with Crippen LogP contribution in [0.5, 0.6) is 0 Å². The summed E-state index contributed by atoms with van der Waals surface area (Å²) in [4.78, 5) is 16.9. The maximum Gasteiger partial charge on any atom is 0.224 e. The minimum Gasteiger partial charge on any atom is -0.381 e. The Bertz CT molecular complexity index is 450. The molecule has 0 aliphatic carbocycles. The second-order valence-electron chi connectivity index (χ2n) is 3.93. The van der Waals surface area contributed by atoms with E-state index in [1.807, 2.05) is 13.8 Å². The van der Waals surface area contributed by atoms with Crippen LogP contribution in [0.25, 0.3) is 0 Å². The smallest absolute Gasteiger partial charge is 0.224 e. The first-order valence-electron chi connectivity index (χ1n) is 6.12. The highest BCUT2D eigenvalue weighted by Gasteiger charge is 2.12. The van der Waals surface area contributed by atoms with Gasteiger partial charge in [0.15, 0.2) is 23.3 Å². The Morgan fingerprint density at radius 3 is 2.58 bits per heavy atom. The molecule has 0 atom stereocenters. The third-order valence-corrected chi connectivity index (χ3v) is 2.70. The van der Waals surface area contributed by atoms with Crippen molar-refractivity contribution in [2.45, 2.75) is 20.3 Å². The lowest BCUT2D eigenvalue weighted by Gasteiger charge is -2.18. The molecule has 1 rings (SSSR count). The lowest BCUT2D eigenvalue weighted by atomic mass is 10.3. The van der Waals surface area contributed by atoms with Crippen molar-refractivity contribution in [3.05, 3.63) is 17.7 Å². The van der Waals surface area contributed by atoms with E-state index in [1.54, 1.807) is 4.90 Å². The number of hydrogen-bond acceptors (Lipinski definition) is 4. The molecule has 0 spiro atoms. The van der Waals surface area contributed by atoms with Crippen molar-refractivity contribution in [2.24, 2.45) is 0 Å². The van der Waals surface area contributed by atoms with Gasteiger partial charge >= 0.3 is 0 Å². The summed E-state index contributed by atoms with van der Waals surface area (Å²) in [7, 11) is 0. The molecule has 19 heavy (non-hydrogen) atoms. The Hall–Kier alpha value is -1.92. The van der Waals surface area contributed by atoms with Crippen molar-refractivity contribution in [3.8, 4) is 0 Å². The van der Waals surface area contributed by atoms with E-state index in [9.17, 15) is 13.6 Å². The summed E-state index contributed by atoms with van der Waals surface area (Å²) < 4.78 is 26.2. The van der Waals surface area contributed by atoms with Crippen LogP contribution in [0, 0.1) is 11.6 Å². The quantitative estimate of drug-likeness (QED) is 0.825. The van der Waals surface area contributed by atoms with Crippen LogP contribution in [0.4, 0.5) is 20.4 Å². The molecule has 0 aromatic carbocycles. The van der Waals surface area contributed by atoms with Gasteiger partial charge in [-0.2, -0.15) is 0 Å². The van der Waals surface area contributed by atoms with Crippen molar-refractivity contribution >= 4 is 17.5 Å². The molecule has 1 aromatic rings. The number of amides is 1. The summed E-state index contributed by atoms with van der Waals surface area (Å²) in [5, 5.41) is 2.63. The Kier molecular flexibility index (Phi) is 5.47. The van der Waals surface area contributed by atoms with Gasteiger partial charge in [-0.1, -0.05) is 0 Å². The van der Waals surface area contributed by atoms with Gasteiger partial charge in [0, 0.05) is 32.1 Å². The predicted octanol–water partition coefficient (Wildman–Crippen LogP) is 1.61. The van der Waals surface area contributed by atoms with Gasteiger partial charge in [-0.3, -0.25) is 4.79 Å². The molecule has 1 amide bonds. The number of carbonyl (C=O) groups is 1. The van der Waals surface area contributed by atoms with E-state index in [-0.39, 0.29) is 30.5 Å². The van der Waals surface area contributed by atoms with Crippen molar-refractivity contribution in [2.75, 3.05) is 30.7 Å². The number of nitrogens with two attached hydrogens (primary N) is 1. The van der Waals surface area contributed by atoms with Crippen molar-refractivity contribution in [1.82, 2.24) is 9.88 Å². The van der Waals surface area contributed by atoms with E-state index in [4.69, 9.17) is 5.73 Å². The van der Waals surface area contributed by atoms with Gasteiger partial charge in [-0.05, 0) is 13.8 Å². The molecule has 1 heterocycles. The number of hydrogen-bond donors (Lipinski definition) is 2. The molecule has 7 heteroatoms. The van der Waals surface area contributed by atoms with Gasteiger partial charge in [-0.15, -0.1) is 0 Å². The number of anilines is 2. The number of nitrogens with zero attached hydrogens (tertiary/aromatic N) is 2. The van der Waals surface area contributed by atoms with E-state index in [0.717, 1.165) is 0 Å². The molecule has 0 unspecified atom stereocenters. The highest BCUT2D eigenvalue weighted by atomic mass is 19.1. The Balaban J connectivity index is 2.54. The Morgan fingerprint density at radius 1 is 1.37 bits per heavy atom. The molecule has 106 valence electrons. The predicted molar refractivity (Wildman–Crippen MR) is 69.6 cm³/mol. The van der Waals surface area contributed by atoms with E-state index in [2.05, 4.69) is 10.3 Å². The van der Waals surface area contributed by atoms with Crippen molar-refractivity contribution in [1.29, 1.82) is 0 Å². The van der Waals surface area contributed by atoms with Crippen molar-refractivity contribution in [3.63, 3.8) is 0 Å². The number of nitrogen functional groups attached to an aromatic ring is 1. The fraction of sp³-hybridized carbons (Fsp3) is 0.500. The lowest BCUT2D eigenvalue weighted by Crippen LogP contribution is -2.31. The number of nitrogens with one attached hydrogen (secondary N) is 1. The molecular weight excluding hydrogens is 254 g/mol. The zero-order valence-electron chi connectivity index (χ0n) is 11.0. The number of rotatable bonds is 6.